The van der Waals surface area contributed by atoms with Crippen LogP contribution < -0.4 is 11.1 Å². The van der Waals surface area contributed by atoms with Gasteiger partial charge in [0, 0.05) is 12.8 Å². The fourth-order valence-corrected chi connectivity index (χ4v) is 4.15. The zero-order valence-corrected chi connectivity index (χ0v) is 18.0. The van der Waals surface area contributed by atoms with Gasteiger partial charge >= 0.3 is 0 Å². The average molecular weight is 425 g/mol. The Morgan fingerprint density at radius 3 is 1.66 bits per heavy atom. The van der Waals surface area contributed by atoms with Crippen LogP contribution in [-0.4, -0.2) is 17.9 Å². The molecule has 1 atom stereocenters. The van der Waals surface area contributed by atoms with Gasteiger partial charge in [-0.25, -0.2) is 0 Å². The molecule has 0 aromatic heterocycles. The van der Waals surface area contributed by atoms with Gasteiger partial charge in [-0.3, -0.25) is 9.59 Å². The number of nitrogens with two attached hydrogens (primary N) is 1. The van der Waals surface area contributed by atoms with Crippen LogP contribution in [0, 0.1) is 12.3 Å². The zero-order chi connectivity index (χ0) is 22.8. The molecule has 0 spiro atoms. The summed E-state index contributed by atoms with van der Waals surface area (Å²) in [6.45, 7) is 0. The predicted octanol–water partition coefficient (Wildman–Crippen LogP) is 4.18. The summed E-state index contributed by atoms with van der Waals surface area (Å²) in [5.74, 6) is 1.75. The predicted molar refractivity (Wildman–Crippen MR) is 128 cm³/mol. The van der Waals surface area contributed by atoms with Crippen molar-refractivity contribution in [1.29, 1.82) is 0 Å². The molecule has 0 unspecified atom stereocenters. The molecule has 0 radical (unpaired) electrons. The van der Waals surface area contributed by atoms with E-state index in [4.69, 9.17) is 12.2 Å². The lowest BCUT2D eigenvalue weighted by molar-refractivity contribution is -0.128. The monoisotopic (exact) mass is 424 g/mol. The molecule has 162 valence electrons. The molecule has 0 aliphatic rings. The van der Waals surface area contributed by atoms with Gasteiger partial charge in [-0.15, -0.1) is 12.3 Å². The molecule has 0 aliphatic carbocycles. The molecule has 3 rings (SSSR count). The standard InChI is InChI=1S/C28H28N2O2/c1-2-3-7-20-25(27(29)32)30-26(31)21-28(22-14-8-4-9-15-22,23-16-10-5-11-17-23)24-18-12-6-13-19-24/h1,4-6,8-19,25H,3,7,20-21H2,(H2,29,32)(H,30,31)/t25-/m1/s1. The van der Waals surface area contributed by atoms with Crippen LogP contribution in [0.5, 0.6) is 0 Å². The van der Waals surface area contributed by atoms with Crippen molar-refractivity contribution in [2.45, 2.75) is 37.1 Å². The second kappa shape index (κ2) is 11.0. The van der Waals surface area contributed by atoms with Gasteiger partial charge < -0.3 is 11.1 Å². The summed E-state index contributed by atoms with van der Waals surface area (Å²) in [6.07, 6.45) is 7.01. The summed E-state index contributed by atoms with van der Waals surface area (Å²) >= 11 is 0. The normalized spacial score (nSPS) is 11.8. The Balaban J connectivity index is 2.04. The number of nitrogens with one attached hydrogen (secondary N) is 1. The number of unbranched alkanes of at least 4 members (excludes halogenated alkanes) is 1. The molecule has 4 nitrogen and oxygen atoms in total. The fraction of sp³-hybridized carbons (Fsp3) is 0.214. The van der Waals surface area contributed by atoms with E-state index in [1.165, 1.54) is 0 Å². The molecule has 3 aromatic rings. The Labute approximate surface area is 189 Å². The lowest BCUT2D eigenvalue weighted by Gasteiger charge is -2.36. The molecular formula is C28H28N2O2. The van der Waals surface area contributed by atoms with Crippen LogP contribution in [0.3, 0.4) is 0 Å². The molecule has 4 heteroatoms. The zero-order valence-electron chi connectivity index (χ0n) is 18.0. The fourth-order valence-electron chi connectivity index (χ4n) is 4.15. The first-order valence-corrected chi connectivity index (χ1v) is 10.8. The molecular weight excluding hydrogens is 396 g/mol. The maximum Gasteiger partial charge on any atom is 0.240 e. The van der Waals surface area contributed by atoms with Gasteiger partial charge in [-0.05, 0) is 29.5 Å². The molecule has 0 fully saturated rings. The van der Waals surface area contributed by atoms with Crippen molar-refractivity contribution in [3.8, 4) is 12.3 Å². The number of benzene rings is 3. The van der Waals surface area contributed by atoms with Gasteiger partial charge in [0.05, 0.1) is 5.41 Å². The number of carbonyl (C=O) groups excluding carboxylic acids is 2. The maximum absolute atomic E-state index is 13.4. The highest BCUT2D eigenvalue weighted by Crippen LogP contribution is 2.42. The van der Waals surface area contributed by atoms with Crippen LogP contribution in [0.2, 0.25) is 0 Å². The first-order chi connectivity index (χ1) is 15.6. The smallest absolute Gasteiger partial charge is 0.240 e. The van der Waals surface area contributed by atoms with Crippen LogP contribution >= 0.6 is 0 Å². The second-order valence-electron chi connectivity index (χ2n) is 7.80. The minimum Gasteiger partial charge on any atom is -0.368 e. The van der Waals surface area contributed by atoms with Crippen molar-refractivity contribution < 1.29 is 9.59 Å². The summed E-state index contributed by atoms with van der Waals surface area (Å²) in [4.78, 5) is 25.3. The van der Waals surface area contributed by atoms with Crippen LogP contribution in [0.25, 0.3) is 0 Å². The lowest BCUT2D eigenvalue weighted by atomic mass is 9.67. The molecule has 0 aliphatic heterocycles. The quantitative estimate of drug-likeness (QED) is 0.291. The topological polar surface area (TPSA) is 72.2 Å². The number of amides is 2. The number of primary amides is 1. The summed E-state index contributed by atoms with van der Waals surface area (Å²) in [5.41, 5.74) is 7.82. The summed E-state index contributed by atoms with van der Waals surface area (Å²) < 4.78 is 0. The number of hydrogen-bond donors (Lipinski definition) is 2. The number of hydrogen-bond acceptors (Lipinski definition) is 2. The number of terminal acetylenes is 1. The van der Waals surface area contributed by atoms with Crippen molar-refractivity contribution in [1.82, 2.24) is 5.32 Å². The van der Waals surface area contributed by atoms with E-state index in [9.17, 15) is 9.59 Å². The minimum atomic E-state index is -0.754. The van der Waals surface area contributed by atoms with Crippen molar-refractivity contribution >= 4 is 11.8 Å². The number of rotatable bonds is 10. The maximum atomic E-state index is 13.4. The van der Waals surface area contributed by atoms with E-state index in [1.807, 2.05) is 91.0 Å². The Morgan fingerprint density at radius 2 is 1.28 bits per heavy atom. The SMILES string of the molecule is C#CCCC[C@@H](NC(=O)CC(c1ccccc1)(c1ccccc1)c1ccccc1)C(N)=O. The molecule has 3 N–H and O–H groups in total. The molecule has 0 bridgehead atoms. The third-order valence-electron chi connectivity index (χ3n) is 5.72. The van der Waals surface area contributed by atoms with E-state index in [0.717, 1.165) is 16.7 Å². The lowest BCUT2D eigenvalue weighted by Crippen LogP contribution is -2.46. The molecule has 0 saturated carbocycles. The van der Waals surface area contributed by atoms with Crippen molar-refractivity contribution in [2.24, 2.45) is 5.73 Å². The highest BCUT2D eigenvalue weighted by atomic mass is 16.2. The highest BCUT2D eigenvalue weighted by Gasteiger charge is 2.39. The molecule has 0 saturated heterocycles. The van der Waals surface area contributed by atoms with Crippen molar-refractivity contribution in [3.63, 3.8) is 0 Å². The van der Waals surface area contributed by atoms with Crippen LogP contribution in [0.15, 0.2) is 91.0 Å². The summed E-state index contributed by atoms with van der Waals surface area (Å²) in [6, 6.07) is 29.2. The minimum absolute atomic E-state index is 0.129. The van der Waals surface area contributed by atoms with Crippen molar-refractivity contribution in [2.75, 3.05) is 0 Å². The highest BCUT2D eigenvalue weighted by molar-refractivity contribution is 5.87. The van der Waals surface area contributed by atoms with E-state index in [0.29, 0.717) is 19.3 Å². The molecule has 32 heavy (non-hydrogen) atoms. The van der Waals surface area contributed by atoms with Crippen LogP contribution in [0.1, 0.15) is 42.4 Å². The third-order valence-corrected chi connectivity index (χ3v) is 5.72. The van der Waals surface area contributed by atoms with Gasteiger partial charge in [-0.1, -0.05) is 91.0 Å². The Kier molecular flexibility index (Phi) is 7.83. The third kappa shape index (κ3) is 5.25. The average Bonchev–Trinajstić information content (AvgIpc) is 2.83. The largest absolute Gasteiger partial charge is 0.368 e. The van der Waals surface area contributed by atoms with Gasteiger partial charge in [0.25, 0.3) is 0 Å². The van der Waals surface area contributed by atoms with Crippen LogP contribution in [0.4, 0.5) is 0 Å². The van der Waals surface area contributed by atoms with Crippen LogP contribution in [-0.2, 0) is 15.0 Å². The first-order valence-electron chi connectivity index (χ1n) is 10.8. The van der Waals surface area contributed by atoms with E-state index in [2.05, 4.69) is 11.2 Å². The Hall–Kier alpha value is -3.84. The van der Waals surface area contributed by atoms with Gasteiger partial charge in [0.1, 0.15) is 6.04 Å². The van der Waals surface area contributed by atoms with Gasteiger partial charge in [0.15, 0.2) is 0 Å². The summed E-state index contributed by atoms with van der Waals surface area (Å²) in [5, 5.41) is 2.86. The van der Waals surface area contributed by atoms with E-state index in [-0.39, 0.29) is 12.3 Å². The van der Waals surface area contributed by atoms with E-state index in [1.54, 1.807) is 0 Å². The number of carbonyl (C=O) groups is 2. The van der Waals surface area contributed by atoms with Gasteiger partial charge in [0.2, 0.25) is 11.8 Å². The second-order valence-corrected chi connectivity index (χ2v) is 7.80. The van der Waals surface area contributed by atoms with E-state index >= 15 is 0 Å². The Bertz CT molecular complexity index is 960. The van der Waals surface area contributed by atoms with Gasteiger partial charge in [-0.2, -0.15) is 0 Å². The van der Waals surface area contributed by atoms with Crippen molar-refractivity contribution in [3.05, 3.63) is 108 Å². The molecule has 3 aromatic carbocycles. The van der Waals surface area contributed by atoms with E-state index < -0.39 is 17.4 Å². The first kappa shape index (κ1) is 22.8. The molecule has 0 heterocycles. The Morgan fingerprint density at radius 1 is 0.844 bits per heavy atom. The summed E-state index contributed by atoms with van der Waals surface area (Å²) in [7, 11) is 0. The molecule has 2 amide bonds.